The van der Waals surface area contributed by atoms with E-state index in [9.17, 15) is 18.0 Å². The highest BCUT2D eigenvalue weighted by atomic mass is 19.4. The van der Waals surface area contributed by atoms with Crippen LogP contribution in [0.25, 0.3) is 0 Å². The van der Waals surface area contributed by atoms with Crippen molar-refractivity contribution in [1.82, 2.24) is 20.0 Å². The molecule has 0 aromatic carbocycles. The van der Waals surface area contributed by atoms with Gasteiger partial charge in [-0.15, -0.1) is 0 Å². The molecule has 1 aliphatic heterocycles. The van der Waals surface area contributed by atoms with Gasteiger partial charge in [-0.2, -0.15) is 18.3 Å². The number of ether oxygens (including phenoxy) is 1. The zero-order valence-electron chi connectivity index (χ0n) is 14.6. The number of aromatic nitrogens is 2. The van der Waals surface area contributed by atoms with Crippen molar-refractivity contribution in [3.8, 4) is 0 Å². The van der Waals surface area contributed by atoms with Crippen LogP contribution in [0.3, 0.4) is 0 Å². The molecule has 9 heteroatoms. The Bertz CT molecular complexity index is 662. The van der Waals surface area contributed by atoms with Gasteiger partial charge in [0.05, 0.1) is 12.1 Å². The van der Waals surface area contributed by atoms with Gasteiger partial charge in [0, 0.05) is 38.0 Å². The lowest BCUT2D eigenvalue weighted by Crippen LogP contribution is -2.73. The number of likely N-dealkylation sites (tertiary alicyclic amines) is 1. The number of carbonyl (C=O) groups is 1. The predicted molar refractivity (Wildman–Crippen MR) is 86.5 cm³/mol. The highest BCUT2D eigenvalue weighted by molar-refractivity contribution is 5.76. The molecule has 2 saturated carbocycles. The number of urea groups is 1. The first-order valence-electron chi connectivity index (χ1n) is 8.94. The van der Waals surface area contributed by atoms with E-state index in [0.717, 1.165) is 26.4 Å². The summed E-state index contributed by atoms with van der Waals surface area (Å²) in [5, 5.41) is 7.30. The largest absolute Gasteiger partial charge is 0.417 e. The molecule has 1 saturated heterocycles. The fraction of sp³-hybridized carbons (Fsp3) is 0.765. The number of carbonyl (C=O) groups excluding carboxylic acids is 1. The van der Waals surface area contributed by atoms with Gasteiger partial charge in [-0.25, -0.2) is 4.79 Å². The molecule has 1 aromatic rings. The summed E-state index contributed by atoms with van der Waals surface area (Å²) < 4.78 is 46.1. The van der Waals surface area contributed by atoms with Gasteiger partial charge in [-0.3, -0.25) is 4.68 Å². The molecule has 1 spiro atoms. The fourth-order valence-corrected chi connectivity index (χ4v) is 4.90. The van der Waals surface area contributed by atoms with Crippen LogP contribution in [0, 0.1) is 5.41 Å². The number of alkyl halides is 3. The van der Waals surface area contributed by atoms with Crippen LogP contribution in [0.1, 0.15) is 38.1 Å². The third kappa shape index (κ3) is 2.67. The van der Waals surface area contributed by atoms with E-state index in [4.69, 9.17) is 4.74 Å². The molecule has 2 atom stereocenters. The lowest BCUT2D eigenvalue weighted by Gasteiger charge is -2.63. The van der Waals surface area contributed by atoms with Crippen molar-refractivity contribution in [3.05, 3.63) is 18.5 Å². The quantitative estimate of drug-likeness (QED) is 0.888. The number of nitrogens with zero attached hydrogens (tertiary/aromatic N) is 3. The topological polar surface area (TPSA) is 59.4 Å². The summed E-state index contributed by atoms with van der Waals surface area (Å²) in [7, 11) is 1.11. The van der Waals surface area contributed by atoms with Gasteiger partial charge in [0.25, 0.3) is 0 Å². The molecule has 0 bridgehead atoms. The zero-order valence-corrected chi connectivity index (χ0v) is 14.6. The number of amides is 2. The smallest absolute Gasteiger partial charge is 0.369 e. The summed E-state index contributed by atoms with van der Waals surface area (Å²) in [6.45, 7) is 0.721. The SMILES string of the molecule is COC1(C(F)(F)F)CC2(CN(C(=O)N[C@@H]3CCC[C@@H]3n3cccn3)C2)C1. The minimum Gasteiger partial charge on any atom is -0.369 e. The van der Waals surface area contributed by atoms with Gasteiger partial charge in [-0.05, 0) is 38.2 Å². The standard InChI is InChI=1S/C17H23F3N4O2/c1-26-16(17(18,19)20)8-15(9-16)10-23(11-15)14(25)22-12-4-2-5-13(12)24-7-3-6-21-24/h3,6-7,12-13H,2,4-5,8-11H2,1H3,(H,22,25)/t12-,13+/m1/s1. The van der Waals surface area contributed by atoms with Crippen LogP contribution < -0.4 is 5.32 Å². The summed E-state index contributed by atoms with van der Waals surface area (Å²) in [5.41, 5.74) is -2.48. The minimum atomic E-state index is -4.36. The van der Waals surface area contributed by atoms with Gasteiger partial charge in [0.1, 0.15) is 0 Å². The maximum atomic E-state index is 13.1. The molecule has 0 unspecified atom stereocenters. The number of methoxy groups -OCH3 is 1. The normalized spacial score (nSPS) is 29.3. The summed E-state index contributed by atoms with van der Waals surface area (Å²) >= 11 is 0. The van der Waals surface area contributed by atoms with Gasteiger partial charge in [-0.1, -0.05) is 0 Å². The second kappa shape index (κ2) is 5.87. The Morgan fingerprint density at radius 3 is 2.62 bits per heavy atom. The molecule has 2 aliphatic carbocycles. The van der Waals surface area contributed by atoms with Gasteiger partial charge in [0.15, 0.2) is 5.60 Å². The first kappa shape index (κ1) is 17.6. The molecule has 3 fully saturated rings. The van der Waals surface area contributed by atoms with E-state index in [-0.39, 0.29) is 31.0 Å². The van der Waals surface area contributed by atoms with Crippen LogP contribution in [0.2, 0.25) is 0 Å². The monoisotopic (exact) mass is 372 g/mol. The molecule has 4 rings (SSSR count). The molecule has 1 N–H and O–H groups in total. The van der Waals surface area contributed by atoms with E-state index in [1.165, 1.54) is 0 Å². The van der Waals surface area contributed by atoms with Crippen LogP contribution in [0.5, 0.6) is 0 Å². The summed E-state index contributed by atoms with van der Waals surface area (Å²) in [6.07, 6.45) is 1.97. The third-order valence-electron chi connectivity index (χ3n) is 6.22. The van der Waals surface area contributed by atoms with Crippen LogP contribution in [-0.4, -0.2) is 58.7 Å². The number of nitrogens with one attached hydrogen (secondary N) is 1. The molecular weight excluding hydrogens is 349 g/mol. The van der Waals surface area contributed by atoms with Gasteiger partial charge in [0.2, 0.25) is 0 Å². The highest BCUT2D eigenvalue weighted by Crippen LogP contribution is 2.61. The molecule has 2 heterocycles. The van der Waals surface area contributed by atoms with Crippen molar-refractivity contribution in [1.29, 1.82) is 0 Å². The van der Waals surface area contributed by atoms with E-state index < -0.39 is 17.2 Å². The second-order valence-electron chi connectivity index (χ2n) is 7.95. The average Bonchev–Trinajstić information content (AvgIpc) is 3.14. The minimum absolute atomic E-state index is 0.00795. The Hall–Kier alpha value is -1.77. The van der Waals surface area contributed by atoms with Crippen LogP contribution in [0.4, 0.5) is 18.0 Å². The second-order valence-corrected chi connectivity index (χ2v) is 7.95. The Kier molecular flexibility index (Phi) is 3.98. The summed E-state index contributed by atoms with van der Waals surface area (Å²) in [4.78, 5) is 14.1. The molecule has 2 amide bonds. The fourth-order valence-electron chi connectivity index (χ4n) is 4.90. The Morgan fingerprint density at radius 2 is 2.04 bits per heavy atom. The van der Waals surface area contributed by atoms with Crippen molar-refractivity contribution in [2.24, 2.45) is 5.41 Å². The Balaban J connectivity index is 1.31. The van der Waals surface area contributed by atoms with Crippen LogP contribution >= 0.6 is 0 Å². The number of hydrogen-bond acceptors (Lipinski definition) is 3. The van der Waals surface area contributed by atoms with E-state index in [1.807, 2.05) is 16.9 Å². The lowest BCUT2D eigenvalue weighted by atomic mass is 9.55. The lowest BCUT2D eigenvalue weighted by molar-refractivity contribution is -0.337. The number of rotatable bonds is 3. The van der Waals surface area contributed by atoms with Crippen molar-refractivity contribution in [2.45, 2.75) is 56.0 Å². The molecule has 0 radical (unpaired) electrons. The first-order chi connectivity index (χ1) is 12.3. The molecule has 26 heavy (non-hydrogen) atoms. The summed E-state index contributed by atoms with van der Waals surface area (Å²) in [6, 6.07) is 1.81. The van der Waals surface area contributed by atoms with Crippen molar-refractivity contribution in [2.75, 3.05) is 20.2 Å². The summed E-state index contributed by atoms with van der Waals surface area (Å²) in [5.74, 6) is 0. The van der Waals surface area contributed by atoms with Crippen molar-refractivity contribution in [3.63, 3.8) is 0 Å². The number of halogens is 3. The maximum absolute atomic E-state index is 13.1. The van der Waals surface area contributed by atoms with Crippen LogP contribution in [0.15, 0.2) is 18.5 Å². The van der Waals surface area contributed by atoms with E-state index in [0.29, 0.717) is 13.1 Å². The number of hydrogen-bond donors (Lipinski definition) is 1. The Labute approximate surface area is 149 Å². The molecule has 144 valence electrons. The molecular formula is C17H23F3N4O2. The molecule has 3 aliphatic rings. The van der Waals surface area contributed by atoms with E-state index in [2.05, 4.69) is 10.4 Å². The molecule has 1 aromatic heterocycles. The maximum Gasteiger partial charge on any atom is 0.417 e. The predicted octanol–water partition coefficient (Wildman–Crippen LogP) is 2.73. The van der Waals surface area contributed by atoms with Crippen LogP contribution in [-0.2, 0) is 4.74 Å². The third-order valence-corrected chi connectivity index (χ3v) is 6.22. The Morgan fingerprint density at radius 1 is 1.31 bits per heavy atom. The van der Waals surface area contributed by atoms with Gasteiger partial charge < -0.3 is 15.0 Å². The van der Waals surface area contributed by atoms with Crippen molar-refractivity contribution < 1.29 is 22.7 Å². The first-order valence-corrected chi connectivity index (χ1v) is 8.94. The zero-order chi connectivity index (χ0) is 18.6. The molecule has 6 nitrogen and oxygen atoms in total. The van der Waals surface area contributed by atoms with Gasteiger partial charge >= 0.3 is 12.2 Å². The van der Waals surface area contributed by atoms with Crippen molar-refractivity contribution >= 4 is 6.03 Å². The highest BCUT2D eigenvalue weighted by Gasteiger charge is 2.71. The van der Waals surface area contributed by atoms with E-state index in [1.54, 1.807) is 11.1 Å². The average molecular weight is 372 g/mol. The van der Waals surface area contributed by atoms with E-state index >= 15 is 0 Å².